The monoisotopic (exact) mass is 243 g/mol. The Balaban J connectivity index is 2.64. The minimum Gasteiger partial charge on any atom is -0.481 e. The van der Waals surface area contributed by atoms with Crippen molar-refractivity contribution in [2.45, 2.75) is 33.6 Å². The predicted molar refractivity (Wildman–Crippen MR) is 67.1 cm³/mol. The summed E-state index contributed by atoms with van der Waals surface area (Å²) in [5, 5.41) is 9.43. The van der Waals surface area contributed by atoms with Gasteiger partial charge in [-0.1, -0.05) is 20.8 Å². The molecule has 1 unspecified atom stereocenters. The fraction of sp³-hybridized carbons (Fsp3) is 0.923. The van der Waals surface area contributed by atoms with Crippen LogP contribution in [0.25, 0.3) is 0 Å². The Kier molecular flexibility index (Phi) is 4.55. The third-order valence-corrected chi connectivity index (χ3v) is 3.09. The van der Waals surface area contributed by atoms with Crippen LogP contribution in [-0.2, 0) is 9.53 Å². The van der Waals surface area contributed by atoms with Gasteiger partial charge in [-0.15, -0.1) is 0 Å². The summed E-state index contributed by atoms with van der Waals surface area (Å²) < 4.78 is 5.37. The van der Waals surface area contributed by atoms with Crippen LogP contribution in [-0.4, -0.2) is 49.3 Å². The van der Waals surface area contributed by atoms with E-state index in [9.17, 15) is 9.90 Å². The molecule has 4 nitrogen and oxygen atoms in total. The molecule has 1 fully saturated rings. The molecule has 0 radical (unpaired) electrons. The molecule has 1 atom stereocenters. The summed E-state index contributed by atoms with van der Waals surface area (Å²) in [5.41, 5.74) is -0.526. The van der Waals surface area contributed by atoms with Gasteiger partial charge in [-0.05, 0) is 25.3 Å². The molecular formula is C13H25NO3. The van der Waals surface area contributed by atoms with E-state index in [1.807, 2.05) is 7.05 Å². The summed E-state index contributed by atoms with van der Waals surface area (Å²) in [5.74, 6) is -0.724. The van der Waals surface area contributed by atoms with Gasteiger partial charge >= 0.3 is 5.97 Å². The number of aliphatic carboxylic acids is 1. The van der Waals surface area contributed by atoms with Gasteiger partial charge in [-0.3, -0.25) is 4.79 Å². The van der Waals surface area contributed by atoms with Crippen molar-refractivity contribution in [3.05, 3.63) is 0 Å². The highest BCUT2D eigenvalue weighted by Crippen LogP contribution is 2.30. The van der Waals surface area contributed by atoms with Crippen LogP contribution in [0.3, 0.4) is 0 Å². The van der Waals surface area contributed by atoms with Crippen LogP contribution in [0.15, 0.2) is 0 Å². The summed E-state index contributed by atoms with van der Waals surface area (Å²) in [6.45, 7) is 8.98. The lowest BCUT2D eigenvalue weighted by Gasteiger charge is -2.38. The lowest BCUT2D eigenvalue weighted by molar-refractivity contribution is -0.159. The summed E-state index contributed by atoms with van der Waals surface area (Å²) >= 11 is 0. The molecule has 4 heteroatoms. The van der Waals surface area contributed by atoms with Crippen molar-refractivity contribution in [1.82, 2.24) is 4.90 Å². The van der Waals surface area contributed by atoms with Crippen molar-refractivity contribution in [1.29, 1.82) is 0 Å². The Bertz CT molecular complexity index is 264. The number of nitrogens with zero attached hydrogens (tertiary/aromatic N) is 1. The van der Waals surface area contributed by atoms with E-state index >= 15 is 0 Å². The maximum Gasteiger partial charge on any atom is 0.313 e. The maximum absolute atomic E-state index is 11.5. The number of hydrogen-bond acceptors (Lipinski definition) is 3. The van der Waals surface area contributed by atoms with Gasteiger partial charge in [0.05, 0.1) is 6.61 Å². The Morgan fingerprint density at radius 3 is 2.53 bits per heavy atom. The minimum atomic E-state index is -0.724. The SMILES string of the molecule is CN(CC(C)(C)C)CC1(C(=O)O)CCCOC1. The minimum absolute atomic E-state index is 0.184. The molecule has 1 saturated heterocycles. The van der Waals surface area contributed by atoms with Crippen molar-refractivity contribution in [3.8, 4) is 0 Å². The fourth-order valence-electron chi connectivity index (χ4n) is 2.60. The van der Waals surface area contributed by atoms with E-state index in [2.05, 4.69) is 25.7 Å². The standard InChI is InChI=1S/C13H25NO3/c1-12(2,3)8-14(4)9-13(11(15)16)6-5-7-17-10-13/h5-10H2,1-4H3,(H,15,16). The van der Waals surface area contributed by atoms with E-state index in [0.717, 1.165) is 19.4 Å². The third kappa shape index (κ3) is 4.28. The Morgan fingerprint density at radius 1 is 1.47 bits per heavy atom. The quantitative estimate of drug-likeness (QED) is 0.818. The number of carboxylic acids is 1. The van der Waals surface area contributed by atoms with Crippen molar-refractivity contribution < 1.29 is 14.6 Å². The lowest BCUT2D eigenvalue weighted by atomic mass is 9.81. The molecular weight excluding hydrogens is 218 g/mol. The van der Waals surface area contributed by atoms with E-state index < -0.39 is 11.4 Å². The molecule has 1 rings (SSSR count). The second-order valence-corrected chi connectivity index (χ2v) is 6.47. The zero-order valence-electron chi connectivity index (χ0n) is 11.5. The molecule has 1 N–H and O–H groups in total. The molecule has 0 spiro atoms. The first kappa shape index (κ1) is 14.5. The van der Waals surface area contributed by atoms with Crippen LogP contribution in [0, 0.1) is 10.8 Å². The zero-order chi connectivity index (χ0) is 13.1. The zero-order valence-corrected chi connectivity index (χ0v) is 11.5. The molecule has 0 aromatic rings. The first-order valence-electron chi connectivity index (χ1n) is 6.25. The van der Waals surface area contributed by atoms with Crippen molar-refractivity contribution in [3.63, 3.8) is 0 Å². The van der Waals surface area contributed by atoms with Crippen molar-refractivity contribution in [2.75, 3.05) is 33.4 Å². The van der Waals surface area contributed by atoms with Gasteiger partial charge in [0, 0.05) is 19.7 Å². The van der Waals surface area contributed by atoms with Gasteiger partial charge in [-0.25, -0.2) is 0 Å². The second kappa shape index (κ2) is 5.36. The maximum atomic E-state index is 11.5. The average Bonchev–Trinajstić information content (AvgIpc) is 2.15. The summed E-state index contributed by atoms with van der Waals surface area (Å²) in [6, 6.07) is 0. The molecule has 1 aliphatic rings. The first-order chi connectivity index (χ1) is 7.75. The molecule has 0 aromatic heterocycles. The molecule has 100 valence electrons. The van der Waals surface area contributed by atoms with E-state index in [-0.39, 0.29) is 5.41 Å². The molecule has 0 aromatic carbocycles. The highest BCUT2D eigenvalue weighted by atomic mass is 16.5. The molecule has 17 heavy (non-hydrogen) atoms. The van der Waals surface area contributed by atoms with E-state index in [1.54, 1.807) is 0 Å². The summed E-state index contributed by atoms with van der Waals surface area (Å²) in [7, 11) is 1.99. The van der Waals surface area contributed by atoms with E-state index in [0.29, 0.717) is 19.8 Å². The number of rotatable bonds is 4. The van der Waals surface area contributed by atoms with Gasteiger partial charge in [0.2, 0.25) is 0 Å². The van der Waals surface area contributed by atoms with Crippen LogP contribution in [0.1, 0.15) is 33.6 Å². The Labute approximate surface area is 104 Å². The summed E-state index contributed by atoms with van der Waals surface area (Å²) in [6.07, 6.45) is 1.56. The van der Waals surface area contributed by atoms with Crippen molar-refractivity contribution >= 4 is 5.97 Å². The van der Waals surface area contributed by atoms with Crippen molar-refractivity contribution in [2.24, 2.45) is 10.8 Å². The summed E-state index contributed by atoms with van der Waals surface area (Å²) in [4.78, 5) is 13.6. The smallest absolute Gasteiger partial charge is 0.313 e. The van der Waals surface area contributed by atoms with Gasteiger partial charge in [0.25, 0.3) is 0 Å². The van der Waals surface area contributed by atoms with Crippen LogP contribution in [0.4, 0.5) is 0 Å². The lowest BCUT2D eigenvalue weighted by Crippen LogP contribution is -2.48. The highest BCUT2D eigenvalue weighted by molar-refractivity contribution is 5.75. The molecule has 1 heterocycles. The number of carboxylic acid groups (broad SMARTS) is 1. The topological polar surface area (TPSA) is 49.8 Å². The number of carbonyl (C=O) groups is 1. The third-order valence-electron chi connectivity index (χ3n) is 3.09. The number of ether oxygens (including phenoxy) is 1. The molecule has 0 amide bonds. The van der Waals surface area contributed by atoms with E-state index in [4.69, 9.17) is 4.74 Å². The van der Waals surface area contributed by atoms with Crippen LogP contribution in [0.5, 0.6) is 0 Å². The molecule has 1 aliphatic heterocycles. The average molecular weight is 243 g/mol. The van der Waals surface area contributed by atoms with Gasteiger partial charge in [0.15, 0.2) is 0 Å². The number of hydrogen-bond donors (Lipinski definition) is 1. The van der Waals surface area contributed by atoms with E-state index in [1.165, 1.54) is 0 Å². The van der Waals surface area contributed by atoms with Gasteiger partial charge in [0.1, 0.15) is 5.41 Å². The predicted octanol–water partition coefficient (Wildman–Crippen LogP) is 1.85. The van der Waals surface area contributed by atoms with Gasteiger partial charge in [-0.2, -0.15) is 0 Å². The normalized spacial score (nSPS) is 26.2. The Hall–Kier alpha value is -0.610. The van der Waals surface area contributed by atoms with Gasteiger partial charge < -0.3 is 14.7 Å². The fourth-order valence-corrected chi connectivity index (χ4v) is 2.60. The highest BCUT2D eigenvalue weighted by Gasteiger charge is 2.41. The molecule has 0 aliphatic carbocycles. The largest absolute Gasteiger partial charge is 0.481 e. The molecule has 0 saturated carbocycles. The van der Waals surface area contributed by atoms with Crippen LogP contribution < -0.4 is 0 Å². The molecule has 0 bridgehead atoms. The first-order valence-corrected chi connectivity index (χ1v) is 6.25. The van der Waals surface area contributed by atoms with Crippen LogP contribution in [0.2, 0.25) is 0 Å². The Morgan fingerprint density at radius 2 is 2.12 bits per heavy atom. The van der Waals surface area contributed by atoms with Crippen LogP contribution >= 0.6 is 0 Å². The second-order valence-electron chi connectivity index (χ2n) is 6.47.